The minimum Gasteiger partial charge on any atom is -0.367 e. The van der Waals surface area contributed by atoms with E-state index in [-0.39, 0.29) is 78.4 Å². The third kappa shape index (κ3) is 17.9. The van der Waals surface area contributed by atoms with Crippen LogP contribution in [0.25, 0.3) is 0 Å². The van der Waals surface area contributed by atoms with Crippen molar-refractivity contribution < 1.29 is 55.2 Å². The summed E-state index contributed by atoms with van der Waals surface area (Å²) in [5.41, 5.74) is 6.36. The molecule has 0 atom stereocenters. The minimum absolute atomic E-state index is 0.0413. The van der Waals surface area contributed by atoms with Crippen molar-refractivity contribution in [1.29, 1.82) is 0 Å². The van der Waals surface area contributed by atoms with Gasteiger partial charge in [-0.15, -0.1) is 0 Å². The number of likely N-dealkylation sites (tertiary alicyclic amines) is 2. The topological polar surface area (TPSA) is 272 Å². The Bertz CT molecular complexity index is 5220. The molecule has 0 unspecified atom stereocenters. The molecule has 0 spiro atoms. The van der Waals surface area contributed by atoms with Gasteiger partial charge in [0.15, 0.2) is 0 Å². The molecule has 4 aliphatic heterocycles. The van der Waals surface area contributed by atoms with Crippen LogP contribution >= 0.6 is 45.2 Å². The fourth-order valence-electron chi connectivity index (χ4n) is 15.0. The molecule has 26 heteroatoms. The molecule has 4 heterocycles. The Kier molecular flexibility index (Phi) is 25.6. The van der Waals surface area contributed by atoms with Gasteiger partial charge in [-0.3, -0.25) is 52.7 Å². The van der Waals surface area contributed by atoms with Gasteiger partial charge in [0.25, 0.3) is 20.0 Å². The molecule has 0 amide bonds. The molecule has 8 aliphatic rings. The molecule has 22 nitrogen and oxygen atoms in total. The monoisotopic (exact) mass is 1780 g/mol. The lowest BCUT2D eigenvalue weighted by Gasteiger charge is -2.40. The van der Waals surface area contributed by atoms with Gasteiger partial charge in [0, 0.05) is 148 Å². The van der Waals surface area contributed by atoms with Crippen LogP contribution in [0.15, 0.2) is 262 Å². The van der Waals surface area contributed by atoms with E-state index in [0.717, 1.165) is 116 Å². The Balaban J connectivity index is 0.000000132. The molecular weight excluding hydrogens is 1690 g/mol. The van der Waals surface area contributed by atoms with Crippen LogP contribution in [0.1, 0.15) is 142 Å². The van der Waals surface area contributed by atoms with E-state index in [1.807, 2.05) is 70.5 Å². The maximum Gasteiger partial charge on any atom is 0.262 e. The predicted molar refractivity (Wildman–Crippen MR) is 450 cm³/mol. The SMILES string of the molecule is CC(C)N1CCN(C2=C(Nc3ccc(I)cc3)C(=O)c3ccccc3C2=O)CC1.CCN1CCN(C2=C(Nc3ccc(I)cc3)C(=O)c3ccccc3C2=O)CC1.O=C1C(NS(=O)(=O)c2ccccc2)=C(N2CCCCC2)C(=O)c2ccccc21.O=C1C(NS(=O)(=O)c2ccccc2)=C(N2CCCCC2)C(=O)c2ccccc21. The first-order valence-electron chi connectivity index (χ1n) is 37.9. The van der Waals surface area contributed by atoms with E-state index >= 15 is 0 Å². The van der Waals surface area contributed by atoms with Crippen molar-refractivity contribution in [2.75, 3.05) is 95.7 Å². The summed E-state index contributed by atoms with van der Waals surface area (Å²) < 4.78 is 58.5. The van der Waals surface area contributed by atoms with Crippen LogP contribution in [-0.4, -0.2) is 184 Å². The van der Waals surface area contributed by atoms with E-state index in [2.05, 4.69) is 106 Å². The third-order valence-electron chi connectivity index (χ3n) is 21.0. The van der Waals surface area contributed by atoms with Crippen LogP contribution in [0.2, 0.25) is 0 Å². The number of ketones is 8. The normalized spacial score (nSPS) is 17.6. The first-order chi connectivity index (χ1) is 54.5. The van der Waals surface area contributed by atoms with Gasteiger partial charge >= 0.3 is 0 Å². The quantitative estimate of drug-likeness (QED) is 0.0655. The number of likely N-dealkylation sites (N-methyl/N-ethyl adjacent to an activating group) is 1. The van der Waals surface area contributed by atoms with E-state index in [1.54, 1.807) is 121 Å². The number of fused-ring (bicyclic) bond motifs is 4. The molecule has 4 N–H and O–H groups in total. The Labute approximate surface area is 685 Å². The van der Waals surface area contributed by atoms with Gasteiger partial charge in [-0.05, 0) is 177 Å². The number of rotatable bonds is 16. The number of nitrogens with zero attached hydrogens (tertiary/aromatic N) is 6. The summed E-state index contributed by atoms with van der Waals surface area (Å²) in [6.07, 6.45) is 5.68. The molecule has 0 radical (unpaired) electrons. The fraction of sp³-hybridized carbons (Fsp3) is 0.264. The van der Waals surface area contributed by atoms with Gasteiger partial charge in [-0.25, -0.2) is 16.8 Å². The molecule has 4 aliphatic carbocycles. The number of nitrogens with one attached hydrogen (secondary N) is 4. The van der Waals surface area contributed by atoms with Gasteiger partial charge < -0.3 is 35.1 Å². The van der Waals surface area contributed by atoms with Crippen molar-refractivity contribution in [3.05, 3.63) is 303 Å². The van der Waals surface area contributed by atoms with Crippen LogP contribution in [-0.2, 0) is 20.0 Å². The second kappa shape index (κ2) is 35.8. The van der Waals surface area contributed by atoms with Crippen molar-refractivity contribution in [3.63, 3.8) is 0 Å². The number of anilines is 2. The molecule has 582 valence electrons. The zero-order chi connectivity index (χ0) is 79.7. The number of carbonyl (C=O) groups excluding carboxylic acids is 8. The number of halogens is 2. The molecule has 0 bridgehead atoms. The lowest BCUT2D eigenvalue weighted by Crippen LogP contribution is -2.50. The fourth-order valence-corrected chi connectivity index (χ4v) is 17.9. The van der Waals surface area contributed by atoms with Crippen molar-refractivity contribution in [3.8, 4) is 0 Å². The Morgan fingerprint density at radius 1 is 0.310 bits per heavy atom. The molecule has 8 aromatic carbocycles. The average molecular weight is 1780 g/mol. The van der Waals surface area contributed by atoms with Crippen LogP contribution < -0.4 is 20.1 Å². The number of carbonyl (C=O) groups is 8. The highest BCUT2D eigenvalue weighted by Crippen LogP contribution is 2.36. The second-order valence-electron chi connectivity index (χ2n) is 28.4. The number of sulfonamides is 2. The van der Waals surface area contributed by atoms with Crippen LogP contribution in [0, 0.1) is 7.14 Å². The number of piperazine rings is 2. The van der Waals surface area contributed by atoms with Gasteiger partial charge in [0.2, 0.25) is 46.3 Å². The van der Waals surface area contributed by atoms with Crippen molar-refractivity contribution >= 4 is 123 Å². The second-order valence-corrected chi connectivity index (χ2v) is 34.3. The molecule has 0 aromatic heterocycles. The lowest BCUT2D eigenvalue weighted by molar-refractivity contribution is 0.0882. The molecule has 16 rings (SSSR count). The van der Waals surface area contributed by atoms with Gasteiger partial charge in [-0.2, -0.15) is 0 Å². The summed E-state index contributed by atoms with van der Waals surface area (Å²) in [4.78, 5) is 119. The maximum absolute atomic E-state index is 13.4. The van der Waals surface area contributed by atoms with Crippen LogP contribution in [0.5, 0.6) is 0 Å². The molecular formula is C87H86I2N10O12S2. The van der Waals surface area contributed by atoms with Crippen molar-refractivity contribution in [2.24, 2.45) is 0 Å². The van der Waals surface area contributed by atoms with Crippen LogP contribution in [0.3, 0.4) is 0 Å². The molecule has 4 fully saturated rings. The molecule has 8 aromatic rings. The summed E-state index contributed by atoms with van der Waals surface area (Å²) in [5.74, 6) is -1.99. The Hall–Kier alpha value is -10.2. The first kappa shape index (κ1) is 80.8. The Morgan fingerprint density at radius 3 is 0.858 bits per heavy atom. The molecule has 113 heavy (non-hydrogen) atoms. The summed E-state index contributed by atoms with van der Waals surface area (Å²) in [5, 5.41) is 6.51. The largest absolute Gasteiger partial charge is 0.367 e. The maximum atomic E-state index is 13.4. The molecule has 4 saturated heterocycles. The number of allylic oxidation sites excluding steroid dienone is 8. The summed E-state index contributed by atoms with van der Waals surface area (Å²) in [7, 11) is -8.00. The van der Waals surface area contributed by atoms with Gasteiger partial charge in [0.05, 0.1) is 9.79 Å². The van der Waals surface area contributed by atoms with E-state index in [1.165, 1.54) is 24.3 Å². The van der Waals surface area contributed by atoms with E-state index in [4.69, 9.17) is 0 Å². The van der Waals surface area contributed by atoms with Gasteiger partial charge in [0.1, 0.15) is 45.6 Å². The summed E-state index contributed by atoms with van der Waals surface area (Å²) in [6, 6.07) is 59.1. The predicted octanol–water partition coefficient (Wildman–Crippen LogP) is 13.1. The number of hydrogen-bond donors (Lipinski definition) is 4. The smallest absolute Gasteiger partial charge is 0.262 e. The van der Waals surface area contributed by atoms with E-state index < -0.39 is 31.6 Å². The van der Waals surface area contributed by atoms with Gasteiger partial charge in [-0.1, -0.05) is 140 Å². The summed E-state index contributed by atoms with van der Waals surface area (Å²) >= 11 is 4.49. The lowest BCUT2D eigenvalue weighted by atomic mass is 9.89. The van der Waals surface area contributed by atoms with E-state index in [0.29, 0.717) is 88.4 Å². The van der Waals surface area contributed by atoms with Crippen molar-refractivity contribution in [1.82, 2.24) is 38.8 Å². The number of benzene rings is 8. The zero-order valence-corrected chi connectivity index (χ0v) is 68.7. The number of Topliss-reactive ketones (excluding diaryl/α,β-unsaturated/α-hetero) is 8. The Morgan fingerprint density at radius 2 is 0.566 bits per heavy atom. The number of piperidine rings is 2. The highest BCUT2D eigenvalue weighted by molar-refractivity contribution is 14.1. The molecule has 0 saturated carbocycles. The van der Waals surface area contributed by atoms with E-state index in [9.17, 15) is 55.2 Å². The average Bonchev–Trinajstić information content (AvgIpc) is 0.772. The number of hydrogen-bond acceptors (Lipinski definition) is 20. The minimum atomic E-state index is -4.00. The standard InChI is InChI=1S/C23H24IN3O2.C22H22IN3O2.2C21H20N2O4S/c1-15(2)26-11-13-27(14-12-26)21-20(25-17-9-7-16(24)8-10-17)22(28)18-5-3-4-6-19(18)23(21)29;1-2-25-11-13-26(14-12-25)20-19(24-16-9-7-15(23)8-10-16)21(27)17-5-3-4-6-18(17)22(20)28;2*24-20-16-11-5-6-12-17(16)21(25)19(23-13-7-2-8-14-23)18(20)22-28(26,27)15-9-3-1-4-10-15/h3-10,15,25H,11-14H2,1-2H3;3-10,24H,2,11-14H2,1H3;2*1,3-6,9-12,22H,2,7-8,13-14H2. The highest BCUT2D eigenvalue weighted by atomic mass is 127. The van der Waals surface area contributed by atoms with Crippen LogP contribution in [0.4, 0.5) is 11.4 Å². The third-order valence-corrected chi connectivity index (χ3v) is 25.2. The summed E-state index contributed by atoms with van der Waals surface area (Å²) in [6.45, 7) is 16.4. The zero-order valence-electron chi connectivity index (χ0n) is 62.8. The van der Waals surface area contributed by atoms with Crippen molar-refractivity contribution in [2.45, 2.75) is 75.1 Å². The first-order valence-corrected chi connectivity index (χ1v) is 43.0. The highest BCUT2D eigenvalue weighted by Gasteiger charge is 2.42.